The van der Waals surface area contributed by atoms with Crippen LogP contribution in [0, 0.1) is 3.57 Å². The van der Waals surface area contributed by atoms with Crippen LogP contribution >= 0.6 is 22.6 Å². The van der Waals surface area contributed by atoms with E-state index in [0.717, 1.165) is 25.6 Å². The van der Waals surface area contributed by atoms with Gasteiger partial charge in [0.05, 0.1) is 5.69 Å². The molecule has 7 heteroatoms. The second-order valence-corrected chi connectivity index (χ2v) is 8.71. The van der Waals surface area contributed by atoms with Crippen molar-refractivity contribution in [2.45, 2.75) is 4.90 Å². The number of nitrogens with one attached hydrogen (secondary N) is 1. The number of benzene rings is 2. The standard InChI is InChI=1S/C20H14IN3O2S/c21-19-8-7-15(24-27(25,26)16-5-3-10-22-13-16)12-18(19)20-17-6-2-1-4-14(17)9-11-23-20/h1-13,24H. The van der Waals surface area contributed by atoms with Crippen molar-refractivity contribution in [2.24, 2.45) is 0 Å². The van der Waals surface area contributed by atoms with Crippen LogP contribution in [0.25, 0.3) is 22.0 Å². The minimum atomic E-state index is -3.70. The third kappa shape index (κ3) is 3.65. The first-order valence-electron chi connectivity index (χ1n) is 8.11. The molecule has 4 rings (SSSR count). The Morgan fingerprint density at radius 1 is 0.926 bits per heavy atom. The Kier molecular flexibility index (Phi) is 4.79. The van der Waals surface area contributed by atoms with E-state index in [-0.39, 0.29) is 4.90 Å². The molecule has 4 aromatic rings. The SMILES string of the molecule is O=S(=O)(Nc1ccc(I)c(-c2nccc3ccccc23)c1)c1cccnc1. The number of aromatic nitrogens is 2. The first-order chi connectivity index (χ1) is 13.0. The number of nitrogens with zero attached hydrogens (tertiary/aromatic N) is 2. The van der Waals surface area contributed by atoms with Gasteiger partial charge in [-0.1, -0.05) is 24.3 Å². The third-order valence-corrected chi connectivity index (χ3v) is 6.40. The van der Waals surface area contributed by atoms with Crippen molar-refractivity contribution in [1.29, 1.82) is 0 Å². The van der Waals surface area contributed by atoms with Crippen molar-refractivity contribution in [3.63, 3.8) is 0 Å². The van der Waals surface area contributed by atoms with Crippen LogP contribution < -0.4 is 4.72 Å². The molecule has 0 aliphatic rings. The van der Waals surface area contributed by atoms with Crippen LogP contribution in [0.3, 0.4) is 0 Å². The molecule has 0 aliphatic carbocycles. The Morgan fingerprint density at radius 2 is 1.78 bits per heavy atom. The van der Waals surface area contributed by atoms with E-state index in [1.807, 2.05) is 42.5 Å². The lowest BCUT2D eigenvalue weighted by molar-refractivity contribution is 0.601. The minimum absolute atomic E-state index is 0.119. The lowest BCUT2D eigenvalue weighted by Crippen LogP contribution is -2.13. The van der Waals surface area contributed by atoms with Crippen molar-refractivity contribution in [3.05, 3.63) is 82.8 Å². The molecule has 134 valence electrons. The molecular weight excluding hydrogens is 473 g/mol. The van der Waals surface area contributed by atoms with E-state index in [4.69, 9.17) is 0 Å². The zero-order valence-corrected chi connectivity index (χ0v) is 17.0. The molecule has 2 heterocycles. The molecule has 0 unspecified atom stereocenters. The maximum Gasteiger partial charge on any atom is 0.263 e. The summed E-state index contributed by atoms with van der Waals surface area (Å²) in [7, 11) is -3.70. The van der Waals surface area contributed by atoms with Crippen molar-refractivity contribution < 1.29 is 8.42 Å². The van der Waals surface area contributed by atoms with Gasteiger partial charge in [-0.3, -0.25) is 14.7 Å². The molecule has 0 atom stereocenters. The fourth-order valence-corrected chi connectivity index (χ4v) is 4.43. The summed E-state index contributed by atoms with van der Waals surface area (Å²) in [6, 6.07) is 18.5. The first-order valence-corrected chi connectivity index (χ1v) is 10.7. The van der Waals surface area contributed by atoms with Crippen LogP contribution in [-0.4, -0.2) is 18.4 Å². The first kappa shape index (κ1) is 17.9. The summed E-state index contributed by atoms with van der Waals surface area (Å²) in [5, 5.41) is 2.10. The van der Waals surface area contributed by atoms with Crippen LogP contribution in [0.4, 0.5) is 5.69 Å². The number of anilines is 1. The van der Waals surface area contributed by atoms with Crippen molar-refractivity contribution in [3.8, 4) is 11.3 Å². The highest BCUT2D eigenvalue weighted by molar-refractivity contribution is 14.1. The molecule has 0 fully saturated rings. The summed E-state index contributed by atoms with van der Waals surface area (Å²) >= 11 is 2.23. The highest BCUT2D eigenvalue weighted by Gasteiger charge is 2.16. The molecule has 2 aromatic carbocycles. The molecule has 5 nitrogen and oxygen atoms in total. The molecule has 0 amide bonds. The Balaban J connectivity index is 1.79. The summed E-state index contributed by atoms with van der Waals surface area (Å²) in [6.07, 6.45) is 4.62. The van der Waals surface area contributed by atoms with Crippen LogP contribution in [-0.2, 0) is 10.0 Å². The van der Waals surface area contributed by atoms with Crippen molar-refractivity contribution >= 4 is 49.1 Å². The van der Waals surface area contributed by atoms with E-state index in [1.165, 1.54) is 18.5 Å². The number of rotatable bonds is 4. The Morgan fingerprint density at radius 3 is 2.59 bits per heavy atom. The fraction of sp³-hybridized carbons (Fsp3) is 0. The monoisotopic (exact) mass is 487 g/mol. The lowest BCUT2D eigenvalue weighted by atomic mass is 10.0. The summed E-state index contributed by atoms with van der Waals surface area (Å²) in [4.78, 5) is 8.54. The quantitative estimate of drug-likeness (QED) is 0.424. The van der Waals surface area contributed by atoms with Crippen LogP contribution in [0.15, 0.2) is 84.1 Å². The van der Waals surface area contributed by atoms with Gasteiger partial charge in [-0.05, 0) is 64.4 Å². The van der Waals surface area contributed by atoms with Crippen molar-refractivity contribution in [2.75, 3.05) is 4.72 Å². The zero-order valence-electron chi connectivity index (χ0n) is 14.0. The highest BCUT2D eigenvalue weighted by atomic mass is 127. The van der Waals surface area contributed by atoms with E-state index in [9.17, 15) is 8.42 Å². The normalized spacial score (nSPS) is 11.4. The van der Waals surface area contributed by atoms with Gasteiger partial charge in [0.1, 0.15) is 4.90 Å². The van der Waals surface area contributed by atoms with Gasteiger partial charge in [-0.25, -0.2) is 8.42 Å². The Bertz CT molecular complexity index is 1220. The number of fused-ring (bicyclic) bond motifs is 1. The van der Waals surface area contributed by atoms with Gasteiger partial charge in [-0.15, -0.1) is 0 Å². The predicted octanol–water partition coefficient (Wildman–Crippen LogP) is 4.70. The molecule has 0 aliphatic heterocycles. The highest BCUT2D eigenvalue weighted by Crippen LogP contribution is 2.32. The van der Waals surface area contributed by atoms with Gasteiger partial charge in [0, 0.05) is 38.8 Å². The van der Waals surface area contributed by atoms with Crippen LogP contribution in [0.5, 0.6) is 0 Å². The average Bonchev–Trinajstić information content (AvgIpc) is 2.69. The maximum atomic E-state index is 12.6. The van der Waals surface area contributed by atoms with E-state index >= 15 is 0 Å². The summed E-state index contributed by atoms with van der Waals surface area (Å²) in [5.41, 5.74) is 2.17. The summed E-state index contributed by atoms with van der Waals surface area (Å²) < 4.78 is 28.8. The lowest BCUT2D eigenvalue weighted by Gasteiger charge is -2.12. The van der Waals surface area contributed by atoms with E-state index in [1.54, 1.807) is 18.3 Å². The molecule has 0 saturated heterocycles. The average molecular weight is 487 g/mol. The molecular formula is C20H14IN3O2S. The zero-order chi connectivity index (χ0) is 18.9. The van der Waals surface area contributed by atoms with Crippen molar-refractivity contribution in [1.82, 2.24) is 9.97 Å². The fourth-order valence-electron chi connectivity index (χ4n) is 2.82. The van der Waals surface area contributed by atoms with Gasteiger partial charge < -0.3 is 0 Å². The van der Waals surface area contributed by atoms with Gasteiger partial charge in [0.15, 0.2) is 0 Å². The summed E-state index contributed by atoms with van der Waals surface area (Å²) in [5.74, 6) is 0. The molecule has 0 radical (unpaired) electrons. The number of hydrogen-bond donors (Lipinski definition) is 1. The minimum Gasteiger partial charge on any atom is -0.280 e. The number of hydrogen-bond acceptors (Lipinski definition) is 4. The number of sulfonamides is 1. The predicted molar refractivity (Wildman–Crippen MR) is 115 cm³/mol. The molecule has 0 saturated carbocycles. The van der Waals surface area contributed by atoms with Gasteiger partial charge in [-0.2, -0.15) is 0 Å². The van der Waals surface area contributed by atoms with E-state index < -0.39 is 10.0 Å². The van der Waals surface area contributed by atoms with Gasteiger partial charge >= 0.3 is 0 Å². The van der Waals surface area contributed by atoms with E-state index in [0.29, 0.717) is 5.69 Å². The Hall–Kier alpha value is -2.52. The summed E-state index contributed by atoms with van der Waals surface area (Å²) in [6.45, 7) is 0. The third-order valence-electron chi connectivity index (χ3n) is 4.09. The van der Waals surface area contributed by atoms with E-state index in [2.05, 4.69) is 37.3 Å². The number of pyridine rings is 2. The largest absolute Gasteiger partial charge is 0.280 e. The molecule has 27 heavy (non-hydrogen) atoms. The van der Waals surface area contributed by atoms with Gasteiger partial charge in [0.2, 0.25) is 0 Å². The topological polar surface area (TPSA) is 72.0 Å². The second-order valence-electron chi connectivity index (χ2n) is 5.87. The Labute approximate surface area is 170 Å². The van der Waals surface area contributed by atoms with Crippen LogP contribution in [0.2, 0.25) is 0 Å². The molecule has 0 bridgehead atoms. The second kappa shape index (κ2) is 7.24. The molecule has 1 N–H and O–H groups in total. The smallest absolute Gasteiger partial charge is 0.263 e. The van der Waals surface area contributed by atoms with Crippen LogP contribution in [0.1, 0.15) is 0 Å². The molecule has 2 aromatic heterocycles. The van der Waals surface area contributed by atoms with Gasteiger partial charge in [0.25, 0.3) is 10.0 Å². The maximum absolute atomic E-state index is 12.6. The molecule has 0 spiro atoms. The number of halogens is 1.